The van der Waals surface area contributed by atoms with Gasteiger partial charge >= 0.3 is 12.0 Å². The van der Waals surface area contributed by atoms with Gasteiger partial charge in [-0.3, -0.25) is 4.79 Å². The van der Waals surface area contributed by atoms with Crippen LogP contribution in [0.2, 0.25) is 0 Å². The van der Waals surface area contributed by atoms with Crippen LogP contribution < -0.4 is 16.0 Å². The van der Waals surface area contributed by atoms with Gasteiger partial charge in [-0.05, 0) is 32.4 Å². The fourth-order valence-electron chi connectivity index (χ4n) is 2.42. The Bertz CT molecular complexity index is 302. The van der Waals surface area contributed by atoms with E-state index >= 15 is 0 Å². The van der Waals surface area contributed by atoms with Gasteiger partial charge in [0.1, 0.15) is 0 Å². The number of carbonyl (C=O) groups is 2. The fourth-order valence-corrected chi connectivity index (χ4v) is 2.42. The van der Waals surface area contributed by atoms with E-state index in [1.165, 1.54) is 0 Å². The zero-order valence-electron chi connectivity index (χ0n) is 11.6. The van der Waals surface area contributed by atoms with Crippen molar-refractivity contribution in [2.75, 3.05) is 26.2 Å². The predicted molar refractivity (Wildman–Crippen MR) is 73.1 cm³/mol. The third-order valence-electron chi connectivity index (χ3n) is 3.67. The first kappa shape index (κ1) is 15.8. The monoisotopic (exact) mass is 271 g/mol. The number of amides is 2. The normalized spacial score (nSPS) is 17.1. The van der Waals surface area contributed by atoms with E-state index in [4.69, 9.17) is 0 Å². The van der Waals surface area contributed by atoms with Crippen molar-refractivity contribution in [3.63, 3.8) is 0 Å². The zero-order chi connectivity index (χ0) is 14.1. The molecule has 0 aliphatic heterocycles. The number of rotatable bonds is 8. The molecule has 1 saturated carbocycles. The SMILES string of the molecule is CCNCCCNC(=O)NCC1(C(=O)O)CCCC1. The second-order valence-electron chi connectivity index (χ2n) is 5.11. The third-order valence-corrected chi connectivity index (χ3v) is 3.67. The lowest BCUT2D eigenvalue weighted by molar-refractivity contribution is -0.148. The van der Waals surface area contributed by atoms with Crippen molar-refractivity contribution in [1.82, 2.24) is 16.0 Å². The number of carbonyl (C=O) groups excluding carboxylic acids is 1. The van der Waals surface area contributed by atoms with Gasteiger partial charge in [0.2, 0.25) is 0 Å². The maximum atomic E-state index is 11.6. The van der Waals surface area contributed by atoms with E-state index in [2.05, 4.69) is 16.0 Å². The average molecular weight is 271 g/mol. The Morgan fingerprint density at radius 3 is 2.42 bits per heavy atom. The molecule has 0 unspecified atom stereocenters. The molecule has 1 fully saturated rings. The second-order valence-corrected chi connectivity index (χ2v) is 5.11. The first-order chi connectivity index (χ1) is 9.10. The Morgan fingerprint density at radius 1 is 1.16 bits per heavy atom. The van der Waals surface area contributed by atoms with Crippen LogP contribution in [-0.2, 0) is 4.79 Å². The zero-order valence-corrected chi connectivity index (χ0v) is 11.6. The van der Waals surface area contributed by atoms with E-state index in [-0.39, 0.29) is 12.6 Å². The van der Waals surface area contributed by atoms with Crippen LogP contribution >= 0.6 is 0 Å². The van der Waals surface area contributed by atoms with Gasteiger partial charge in [-0.25, -0.2) is 4.79 Å². The first-order valence-electron chi connectivity index (χ1n) is 7.06. The Morgan fingerprint density at radius 2 is 1.84 bits per heavy atom. The molecular formula is C13H25N3O3. The number of carboxylic acids is 1. The van der Waals surface area contributed by atoms with Gasteiger partial charge in [0.15, 0.2) is 0 Å². The number of nitrogens with one attached hydrogen (secondary N) is 3. The van der Waals surface area contributed by atoms with Crippen molar-refractivity contribution >= 4 is 12.0 Å². The molecule has 1 rings (SSSR count). The molecule has 19 heavy (non-hydrogen) atoms. The van der Waals surface area contributed by atoms with E-state index in [0.29, 0.717) is 19.4 Å². The van der Waals surface area contributed by atoms with E-state index < -0.39 is 11.4 Å². The average Bonchev–Trinajstić information content (AvgIpc) is 2.86. The van der Waals surface area contributed by atoms with Crippen molar-refractivity contribution in [3.8, 4) is 0 Å². The summed E-state index contributed by atoms with van der Waals surface area (Å²) >= 11 is 0. The summed E-state index contributed by atoms with van der Waals surface area (Å²) in [7, 11) is 0. The Balaban J connectivity index is 2.20. The van der Waals surface area contributed by atoms with Crippen molar-refractivity contribution in [1.29, 1.82) is 0 Å². The smallest absolute Gasteiger partial charge is 0.314 e. The van der Waals surface area contributed by atoms with Crippen molar-refractivity contribution in [2.24, 2.45) is 5.41 Å². The van der Waals surface area contributed by atoms with E-state index in [9.17, 15) is 14.7 Å². The first-order valence-corrected chi connectivity index (χ1v) is 7.06. The van der Waals surface area contributed by atoms with Crippen LogP contribution in [0.1, 0.15) is 39.0 Å². The van der Waals surface area contributed by atoms with E-state index in [1.54, 1.807) is 0 Å². The summed E-state index contributed by atoms with van der Waals surface area (Å²) in [6, 6.07) is -0.274. The molecule has 0 heterocycles. The van der Waals surface area contributed by atoms with Crippen LogP contribution in [0, 0.1) is 5.41 Å². The van der Waals surface area contributed by atoms with Gasteiger partial charge in [-0.2, -0.15) is 0 Å². The molecule has 0 saturated heterocycles. The van der Waals surface area contributed by atoms with Crippen molar-refractivity contribution in [3.05, 3.63) is 0 Å². The van der Waals surface area contributed by atoms with Gasteiger partial charge in [0.25, 0.3) is 0 Å². The minimum atomic E-state index is -0.794. The van der Waals surface area contributed by atoms with Crippen LogP contribution in [0.25, 0.3) is 0 Å². The summed E-state index contributed by atoms with van der Waals surface area (Å²) in [5.74, 6) is -0.794. The van der Waals surface area contributed by atoms with Crippen LogP contribution in [-0.4, -0.2) is 43.3 Å². The molecule has 0 aromatic heterocycles. The molecule has 0 aromatic carbocycles. The van der Waals surface area contributed by atoms with Crippen molar-refractivity contribution < 1.29 is 14.7 Å². The third kappa shape index (κ3) is 5.06. The highest BCUT2D eigenvalue weighted by atomic mass is 16.4. The lowest BCUT2D eigenvalue weighted by Gasteiger charge is -2.24. The summed E-state index contributed by atoms with van der Waals surface area (Å²) in [6.07, 6.45) is 4.04. The van der Waals surface area contributed by atoms with Crippen LogP contribution in [0.3, 0.4) is 0 Å². The molecule has 0 atom stereocenters. The highest BCUT2D eigenvalue weighted by Gasteiger charge is 2.41. The maximum absolute atomic E-state index is 11.6. The minimum Gasteiger partial charge on any atom is -0.481 e. The largest absolute Gasteiger partial charge is 0.481 e. The highest BCUT2D eigenvalue weighted by Crippen LogP contribution is 2.37. The standard InChI is InChI=1S/C13H25N3O3/c1-2-14-8-5-9-15-12(19)16-10-13(11(17)18)6-3-4-7-13/h14H,2-10H2,1H3,(H,17,18)(H2,15,16,19). The van der Waals surface area contributed by atoms with Gasteiger partial charge in [0, 0.05) is 13.1 Å². The molecule has 0 spiro atoms. The number of carboxylic acid groups (broad SMARTS) is 1. The maximum Gasteiger partial charge on any atom is 0.314 e. The molecule has 0 radical (unpaired) electrons. The molecule has 0 aromatic rings. The van der Waals surface area contributed by atoms with Gasteiger partial charge in [0.05, 0.1) is 5.41 Å². The van der Waals surface area contributed by atoms with Gasteiger partial charge in [-0.1, -0.05) is 19.8 Å². The van der Waals surface area contributed by atoms with Crippen LogP contribution in [0.4, 0.5) is 4.79 Å². The number of aliphatic carboxylic acids is 1. The summed E-state index contributed by atoms with van der Waals surface area (Å²) < 4.78 is 0. The highest BCUT2D eigenvalue weighted by molar-refractivity contribution is 5.78. The van der Waals surface area contributed by atoms with Crippen molar-refractivity contribution in [2.45, 2.75) is 39.0 Å². The van der Waals surface area contributed by atoms with E-state index in [1.807, 2.05) is 6.92 Å². The molecule has 2 amide bonds. The van der Waals surface area contributed by atoms with E-state index in [0.717, 1.165) is 32.4 Å². The second kappa shape index (κ2) is 7.99. The Hall–Kier alpha value is -1.30. The quantitative estimate of drug-likeness (QED) is 0.494. The summed E-state index contributed by atoms with van der Waals surface area (Å²) in [6.45, 7) is 4.65. The number of hydrogen-bond donors (Lipinski definition) is 4. The Labute approximate surface area is 114 Å². The molecule has 6 nitrogen and oxygen atoms in total. The molecular weight excluding hydrogens is 246 g/mol. The minimum absolute atomic E-state index is 0.224. The van der Waals surface area contributed by atoms with Gasteiger partial charge in [-0.15, -0.1) is 0 Å². The lowest BCUT2D eigenvalue weighted by atomic mass is 9.86. The molecule has 110 valence electrons. The summed E-state index contributed by atoms with van der Waals surface area (Å²) in [4.78, 5) is 22.9. The topological polar surface area (TPSA) is 90.5 Å². The summed E-state index contributed by atoms with van der Waals surface area (Å²) in [5, 5.41) is 17.9. The Kier molecular flexibility index (Phi) is 6.62. The predicted octanol–water partition coefficient (Wildman–Crippen LogP) is 0.930. The molecule has 4 N–H and O–H groups in total. The van der Waals surface area contributed by atoms with Gasteiger partial charge < -0.3 is 21.1 Å². The number of urea groups is 1. The molecule has 0 bridgehead atoms. The molecule has 1 aliphatic rings. The van der Waals surface area contributed by atoms with Crippen LogP contribution in [0.5, 0.6) is 0 Å². The molecule has 1 aliphatic carbocycles. The van der Waals surface area contributed by atoms with Crippen LogP contribution in [0.15, 0.2) is 0 Å². The fraction of sp³-hybridized carbons (Fsp3) is 0.846. The number of hydrogen-bond acceptors (Lipinski definition) is 3. The lowest BCUT2D eigenvalue weighted by Crippen LogP contribution is -2.45. The molecule has 6 heteroatoms. The summed E-state index contributed by atoms with van der Waals surface area (Å²) in [5.41, 5.74) is -0.749.